The highest BCUT2D eigenvalue weighted by Crippen LogP contribution is 2.28. The summed E-state index contributed by atoms with van der Waals surface area (Å²) in [5.74, 6) is 6.69. The van der Waals surface area contributed by atoms with Gasteiger partial charge in [-0.2, -0.15) is 0 Å². The van der Waals surface area contributed by atoms with Gasteiger partial charge < -0.3 is 9.64 Å². The predicted molar refractivity (Wildman–Crippen MR) is 82.6 cm³/mol. The first-order valence-corrected chi connectivity index (χ1v) is 7.71. The maximum atomic E-state index is 5.85. The number of nitrogens with zero attached hydrogens (tertiary/aromatic N) is 1. The van der Waals surface area contributed by atoms with Crippen LogP contribution in [0.2, 0.25) is 0 Å². The van der Waals surface area contributed by atoms with E-state index in [1.54, 1.807) is 0 Å². The summed E-state index contributed by atoms with van der Waals surface area (Å²) in [7, 11) is 0. The van der Waals surface area contributed by atoms with Gasteiger partial charge in [-0.3, -0.25) is 11.3 Å². The maximum absolute atomic E-state index is 5.85. The minimum Gasteiger partial charge on any atom is -0.490 e. The van der Waals surface area contributed by atoms with Crippen LogP contribution in [0.1, 0.15) is 44.7 Å². The normalized spacial score (nSPS) is 16.4. The van der Waals surface area contributed by atoms with Crippen molar-refractivity contribution in [2.75, 3.05) is 19.6 Å². The van der Waals surface area contributed by atoms with Gasteiger partial charge in [-0.15, -0.1) is 0 Å². The second kappa shape index (κ2) is 7.62. The van der Waals surface area contributed by atoms with Crippen LogP contribution < -0.4 is 16.0 Å². The molecule has 0 bridgehead atoms. The Kier molecular flexibility index (Phi) is 5.83. The molecular formula is C16H27N3O. The lowest BCUT2D eigenvalue weighted by Crippen LogP contribution is -2.32. The molecule has 0 amide bonds. The van der Waals surface area contributed by atoms with Crippen LogP contribution in [0, 0.1) is 0 Å². The zero-order valence-corrected chi connectivity index (χ0v) is 12.6. The van der Waals surface area contributed by atoms with Gasteiger partial charge in [0.05, 0.1) is 6.10 Å². The lowest BCUT2D eigenvalue weighted by Gasteiger charge is -2.23. The number of benzene rings is 1. The molecule has 0 radical (unpaired) electrons. The Morgan fingerprint density at radius 2 is 2.10 bits per heavy atom. The van der Waals surface area contributed by atoms with Crippen molar-refractivity contribution in [3.05, 3.63) is 29.8 Å². The molecule has 1 fully saturated rings. The molecular weight excluding hydrogens is 250 g/mol. The van der Waals surface area contributed by atoms with Gasteiger partial charge in [-0.1, -0.05) is 26.0 Å². The van der Waals surface area contributed by atoms with Crippen LogP contribution in [0.4, 0.5) is 0 Å². The standard InChI is InChI=1S/C16H27N3O/c1-3-19(4-2)11-10-16(18-17)13-6-5-7-15(12-13)20-14-8-9-14/h5-7,12,14,16,18H,3-4,8-11,17H2,1-2H3. The van der Waals surface area contributed by atoms with Crippen LogP contribution in [0.15, 0.2) is 24.3 Å². The van der Waals surface area contributed by atoms with E-state index in [4.69, 9.17) is 10.6 Å². The average molecular weight is 277 g/mol. The summed E-state index contributed by atoms with van der Waals surface area (Å²) < 4.78 is 5.85. The van der Waals surface area contributed by atoms with Crippen molar-refractivity contribution in [3.63, 3.8) is 0 Å². The lowest BCUT2D eigenvalue weighted by atomic mass is 10.0. The highest BCUT2D eigenvalue weighted by molar-refractivity contribution is 5.31. The van der Waals surface area contributed by atoms with Gasteiger partial charge in [-0.25, -0.2) is 0 Å². The predicted octanol–water partition coefficient (Wildman–Crippen LogP) is 2.46. The zero-order chi connectivity index (χ0) is 14.4. The molecule has 1 aromatic rings. The fraction of sp³-hybridized carbons (Fsp3) is 0.625. The van der Waals surface area contributed by atoms with E-state index in [2.05, 4.69) is 42.4 Å². The number of hydrogen-bond acceptors (Lipinski definition) is 4. The van der Waals surface area contributed by atoms with Crippen molar-refractivity contribution in [2.24, 2.45) is 5.84 Å². The first kappa shape index (κ1) is 15.3. The van der Waals surface area contributed by atoms with Crippen molar-refractivity contribution >= 4 is 0 Å². The van der Waals surface area contributed by atoms with Gasteiger partial charge in [0, 0.05) is 6.04 Å². The molecule has 0 saturated heterocycles. The third kappa shape index (κ3) is 4.47. The summed E-state index contributed by atoms with van der Waals surface area (Å²) in [6.07, 6.45) is 3.81. The summed E-state index contributed by atoms with van der Waals surface area (Å²) in [6, 6.07) is 8.49. The van der Waals surface area contributed by atoms with Crippen molar-refractivity contribution < 1.29 is 4.74 Å². The number of nitrogens with two attached hydrogens (primary N) is 1. The van der Waals surface area contributed by atoms with Crippen LogP contribution in [-0.2, 0) is 0 Å². The molecule has 4 nitrogen and oxygen atoms in total. The summed E-state index contributed by atoms with van der Waals surface area (Å²) in [6.45, 7) is 7.60. The van der Waals surface area contributed by atoms with Crippen molar-refractivity contribution in [1.82, 2.24) is 10.3 Å². The van der Waals surface area contributed by atoms with Gasteiger partial charge in [0.25, 0.3) is 0 Å². The first-order valence-electron chi connectivity index (χ1n) is 7.71. The molecule has 1 atom stereocenters. The largest absolute Gasteiger partial charge is 0.490 e. The third-order valence-electron chi connectivity index (χ3n) is 3.92. The Morgan fingerprint density at radius 3 is 2.70 bits per heavy atom. The zero-order valence-electron chi connectivity index (χ0n) is 12.6. The second-order valence-electron chi connectivity index (χ2n) is 5.42. The topological polar surface area (TPSA) is 50.5 Å². The Balaban J connectivity index is 1.94. The molecule has 1 unspecified atom stereocenters. The molecule has 0 heterocycles. The van der Waals surface area contributed by atoms with Crippen molar-refractivity contribution in [2.45, 2.75) is 45.3 Å². The van der Waals surface area contributed by atoms with Crippen LogP contribution in [0.5, 0.6) is 5.75 Å². The summed E-state index contributed by atoms with van der Waals surface area (Å²) >= 11 is 0. The minimum atomic E-state index is 0.179. The Hall–Kier alpha value is -1.10. The van der Waals surface area contributed by atoms with E-state index in [-0.39, 0.29) is 6.04 Å². The smallest absolute Gasteiger partial charge is 0.120 e. The van der Waals surface area contributed by atoms with Crippen molar-refractivity contribution in [1.29, 1.82) is 0 Å². The van der Waals surface area contributed by atoms with E-state index in [9.17, 15) is 0 Å². The maximum Gasteiger partial charge on any atom is 0.120 e. The Labute approximate surface area is 122 Å². The fourth-order valence-corrected chi connectivity index (χ4v) is 2.38. The third-order valence-corrected chi connectivity index (χ3v) is 3.92. The molecule has 2 rings (SSSR count). The fourth-order valence-electron chi connectivity index (χ4n) is 2.38. The molecule has 3 N–H and O–H groups in total. The molecule has 0 aliphatic heterocycles. The number of ether oxygens (including phenoxy) is 1. The molecule has 1 aliphatic carbocycles. The summed E-state index contributed by atoms with van der Waals surface area (Å²) in [5, 5.41) is 0. The monoisotopic (exact) mass is 277 g/mol. The van der Waals surface area contributed by atoms with E-state index in [0.717, 1.165) is 31.8 Å². The lowest BCUT2D eigenvalue weighted by molar-refractivity contribution is 0.281. The highest BCUT2D eigenvalue weighted by atomic mass is 16.5. The van der Waals surface area contributed by atoms with Crippen molar-refractivity contribution in [3.8, 4) is 5.75 Å². The molecule has 0 aromatic heterocycles. The first-order chi connectivity index (χ1) is 9.76. The van der Waals surface area contributed by atoms with E-state index in [1.165, 1.54) is 18.4 Å². The Bertz CT molecular complexity index is 402. The number of nitrogens with one attached hydrogen (secondary N) is 1. The average Bonchev–Trinajstić information content (AvgIpc) is 3.28. The van der Waals surface area contributed by atoms with Crippen LogP contribution >= 0.6 is 0 Å². The second-order valence-corrected chi connectivity index (χ2v) is 5.42. The molecule has 1 saturated carbocycles. The highest BCUT2D eigenvalue weighted by Gasteiger charge is 2.23. The Morgan fingerprint density at radius 1 is 1.35 bits per heavy atom. The van der Waals surface area contributed by atoms with E-state index in [1.807, 2.05) is 6.07 Å². The van der Waals surface area contributed by atoms with E-state index >= 15 is 0 Å². The van der Waals surface area contributed by atoms with Gasteiger partial charge >= 0.3 is 0 Å². The molecule has 1 aliphatic rings. The van der Waals surface area contributed by atoms with E-state index < -0.39 is 0 Å². The van der Waals surface area contributed by atoms with Crippen LogP contribution in [0.25, 0.3) is 0 Å². The molecule has 112 valence electrons. The van der Waals surface area contributed by atoms with Gasteiger partial charge in [0.15, 0.2) is 0 Å². The molecule has 0 spiro atoms. The van der Waals surface area contributed by atoms with Gasteiger partial charge in [0.1, 0.15) is 5.75 Å². The SMILES string of the molecule is CCN(CC)CCC(NN)c1cccc(OC2CC2)c1. The molecule has 20 heavy (non-hydrogen) atoms. The summed E-state index contributed by atoms with van der Waals surface area (Å²) in [5.41, 5.74) is 4.14. The minimum absolute atomic E-state index is 0.179. The van der Waals surface area contributed by atoms with Crippen LogP contribution in [0.3, 0.4) is 0 Å². The van der Waals surface area contributed by atoms with Gasteiger partial charge in [-0.05, 0) is 56.6 Å². The van der Waals surface area contributed by atoms with Crippen LogP contribution in [-0.4, -0.2) is 30.6 Å². The quantitative estimate of drug-likeness (QED) is 0.538. The molecule has 1 aromatic carbocycles. The number of rotatable bonds is 9. The number of hydrogen-bond donors (Lipinski definition) is 2. The molecule has 4 heteroatoms. The summed E-state index contributed by atoms with van der Waals surface area (Å²) in [4.78, 5) is 2.41. The van der Waals surface area contributed by atoms with E-state index in [0.29, 0.717) is 6.10 Å². The number of hydrazine groups is 1. The van der Waals surface area contributed by atoms with Gasteiger partial charge in [0.2, 0.25) is 0 Å².